The number of benzene rings is 2. The molecule has 6 nitrogen and oxygen atoms in total. The van der Waals surface area contributed by atoms with E-state index in [0.29, 0.717) is 4.68 Å². The van der Waals surface area contributed by atoms with E-state index in [0.717, 1.165) is 4.90 Å². The third-order valence-corrected chi connectivity index (χ3v) is 5.98. The van der Waals surface area contributed by atoms with Crippen molar-refractivity contribution in [2.24, 2.45) is 5.14 Å². The van der Waals surface area contributed by atoms with Crippen molar-refractivity contribution in [2.45, 2.75) is 22.5 Å². The van der Waals surface area contributed by atoms with Crippen molar-refractivity contribution in [1.29, 1.82) is 5.26 Å². The molecule has 1 aromatic heterocycles. The molecule has 1 heterocycles. The summed E-state index contributed by atoms with van der Waals surface area (Å²) in [5.41, 5.74) is -1.57. The summed E-state index contributed by atoms with van der Waals surface area (Å²) in [7, 11) is -4.24. The average molecular weight is 452 g/mol. The van der Waals surface area contributed by atoms with E-state index in [1.54, 1.807) is 18.2 Å². The second-order valence-corrected chi connectivity index (χ2v) is 8.56. The number of thioether (sulfide) groups is 1. The number of sulfonamides is 1. The molecule has 0 aliphatic carbocycles. The Morgan fingerprint density at radius 2 is 1.80 bits per heavy atom. The Morgan fingerprint density at radius 1 is 1.17 bits per heavy atom. The standard InChI is InChI=1S/C19H15F3N4O2S2/c1-29-13-8-6-12(7-9-13)16-17(14-4-2-3-5-15(14)30(24,27)28)25-26(11-10-23)18(16)19(20,21)22/h2-9H,11H2,1H3,(H2,24,27,28). The van der Waals surface area contributed by atoms with Crippen LogP contribution in [0.2, 0.25) is 0 Å². The Kier molecular flexibility index (Phi) is 5.94. The summed E-state index contributed by atoms with van der Waals surface area (Å²) in [6, 6.07) is 13.4. The maximum Gasteiger partial charge on any atom is 0.433 e. The number of alkyl halides is 3. The SMILES string of the molecule is CSc1ccc(-c2c(-c3ccccc3S(N)(=O)=O)nn(CC#N)c2C(F)(F)F)cc1. The summed E-state index contributed by atoms with van der Waals surface area (Å²) in [4.78, 5) is 0.477. The minimum absolute atomic E-state index is 0.0777. The minimum Gasteiger partial charge on any atom is -0.245 e. The van der Waals surface area contributed by atoms with Crippen LogP contribution in [0.25, 0.3) is 22.4 Å². The fraction of sp³-hybridized carbons (Fsp3) is 0.158. The second kappa shape index (κ2) is 8.14. The van der Waals surface area contributed by atoms with Gasteiger partial charge < -0.3 is 0 Å². The molecule has 0 unspecified atom stereocenters. The summed E-state index contributed by atoms with van der Waals surface area (Å²) in [5, 5.41) is 18.3. The van der Waals surface area contributed by atoms with E-state index in [-0.39, 0.29) is 27.3 Å². The minimum atomic E-state index is -4.84. The van der Waals surface area contributed by atoms with Crippen molar-refractivity contribution >= 4 is 21.8 Å². The number of rotatable bonds is 5. The van der Waals surface area contributed by atoms with E-state index in [2.05, 4.69) is 5.10 Å². The first-order valence-electron chi connectivity index (χ1n) is 8.39. The van der Waals surface area contributed by atoms with Gasteiger partial charge in [0, 0.05) is 16.0 Å². The van der Waals surface area contributed by atoms with Gasteiger partial charge in [-0.1, -0.05) is 30.3 Å². The largest absolute Gasteiger partial charge is 0.433 e. The van der Waals surface area contributed by atoms with Crippen LogP contribution < -0.4 is 5.14 Å². The summed E-state index contributed by atoms with van der Waals surface area (Å²) in [6.07, 6.45) is -3.01. The van der Waals surface area contributed by atoms with Crippen LogP contribution >= 0.6 is 11.8 Å². The molecular formula is C19H15F3N4O2S2. The van der Waals surface area contributed by atoms with E-state index in [4.69, 9.17) is 10.4 Å². The molecule has 0 fully saturated rings. The predicted octanol–water partition coefficient (Wildman–Crippen LogP) is 4.13. The average Bonchev–Trinajstić information content (AvgIpc) is 3.07. The molecule has 0 amide bonds. The third kappa shape index (κ3) is 4.21. The maximum absolute atomic E-state index is 14.0. The quantitative estimate of drug-likeness (QED) is 0.587. The van der Waals surface area contributed by atoms with Gasteiger partial charge in [-0.3, -0.25) is 0 Å². The molecule has 0 saturated carbocycles. The van der Waals surface area contributed by atoms with Crippen LogP contribution in [-0.2, 0) is 22.7 Å². The van der Waals surface area contributed by atoms with Crippen LogP contribution in [0.5, 0.6) is 0 Å². The van der Waals surface area contributed by atoms with Crippen LogP contribution in [0.3, 0.4) is 0 Å². The smallest absolute Gasteiger partial charge is 0.245 e. The molecule has 0 aliphatic heterocycles. The maximum atomic E-state index is 14.0. The molecule has 3 rings (SSSR count). The van der Waals surface area contributed by atoms with Gasteiger partial charge in [0.15, 0.2) is 5.69 Å². The lowest BCUT2D eigenvalue weighted by molar-refractivity contribution is -0.143. The van der Waals surface area contributed by atoms with E-state index in [1.165, 1.54) is 48.2 Å². The molecule has 2 aromatic carbocycles. The fourth-order valence-electron chi connectivity index (χ4n) is 3.06. The third-order valence-electron chi connectivity index (χ3n) is 4.27. The van der Waals surface area contributed by atoms with E-state index < -0.39 is 28.4 Å². The number of hydrogen-bond donors (Lipinski definition) is 1. The van der Waals surface area contributed by atoms with Crippen molar-refractivity contribution < 1.29 is 21.6 Å². The van der Waals surface area contributed by atoms with Crippen LogP contribution in [0.15, 0.2) is 58.3 Å². The van der Waals surface area contributed by atoms with Gasteiger partial charge in [0.1, 0.15) is 12.2 Å². The Bertz CT molecular complexity index is 1230. The van der Waals surface area contributed by atoms with Crippen molar-refractivity contribution in [3.63, 3.8) is 0 Å². The van der Waals surface area contributed by atoms with Crippen molar-refractivity contribution in [1.82, 2.24) is 9.78 Å². The first-order chi connectivity index (χ1) is 14.1. The molecule has 0 aliphatic rings. The Labute approximate surface area is 175 Å². The highest BCUT2D eigenvalue weighted by Gasteiger charge is 2.41. The number of nitriles is 1. The lowest BCUT2D eigenvalue weighted by Gasteiger charge is -2.12. The fourth-order valence-corrected chi connectivity index (χ4v) is 4.21. The molecule has 156 valence electrons. The molecule has 3 aromatic rings. The zero-order valence-corrected chi connectivity index (χ0v) is 17.1. The van der Waals surface area contributed by atoms with Crippen LogP contribution in [0.1, 0.15) is 5.69 Å². The number of aromatic nitrogens is 2. The Balaban J connectivity index is 2.44. The number of nitrogens with zero attached hydrogens (tertiary/aromatic N) is 3. The first-order valence-corrected chi connectivity index (χ1v) is 11.2. The Hall–Kier alpha value is -2.81. The van der Waals surface area contributed by atoms with E-state index in [9.17, 15) is 21.6 Å². The number of primary sulfonamides is 1. The van der Waals surface area contributed by atoms with Gasteiger partial charge in [-0.25, -0.2) is 18.2 Å². The van der Waals surface area contributed by atoms with Gasteiger partial charge in [0.2, 0.25) is 10.0 Å². The molecule has 30 heavy (non-hydrogen) atoms. The molecule has 0 spiro atoms. The van der Waals surface area contributed by atoms with Crippen LogP contribution in [-0.4, -0.2) is 24.5 Å². The number of halogens is 3. The summed E-state index contributed by atoms with van der Waals surface area (Å²) in [6.45, 7) is -0.664. The van der Waals surface area contributed by atoms with Crippen LogP contribution in [0.4, 0.5) is 13.2 Å². The first kappa shape index (κ1) is 21.9. The molecule has 2 N–H and O–H groups in total. The monoisotopic (exact) mass is 452 g/mol. The summed E-state index contributed by atoms with van der Waals surface area (Å²) < 4.78 is 66.6. The predicted molar refractivity (Wildman–Crippen MR) is 107 cm³/mol. The topological polar surface area (TPSA) is 102 Å². The highest BCUT2D eigenvalue weighted by Crippen LogP contribution is 2.44. The van der Waals surface area contributed by atoms with Crippen molar-refractivity contribution in [3.8, 4) is 28.5 Å². The van der Waals surface area contributed by atoms with Gasteiger partial charge in [-0.05, 0) is 30.0 Å². The zero-order valence-electron chi connectivity index (χ0n) is 15.5. The van der Waals surface area contributed by atoms with Gasteiger partial charge in [0.05, 0.1) is 11.0 Å². The lowest BCUT2D eigenvalue weighted by Crippen LogP contribution is -2.15. The molecule has 0 atom stereocenters. The van der Waals surface area contributed by atoms with Crippen molar-refractivity contribution in [2.75, 3.05) is 6.26 Å². The van der Waals surface area contributed by atoms with Gasteiger partial charge >= 0.3 is 6.18 Å². The Morgan fingerprint density at radius 3 is 2.33 bits per heavy atom. The molecular weight excluding hydrogens is 437 g/mol. The van der Waals surface area contributed by atoms with Gasteiger partial charge in [-0.2, -0.15) is 23.5 Å². The number of nitrogens with two attached hydrogens (primary N) is 1. The molecule has 0 radical (unpaired) electrons. The second-order valence-electron chi connectivity index (χ2n) is 6.16. The van der Waals surface area contributed by atoms with Gasteiger partial charge in [0.25, 0.3) is 0 Å². The lowest BCUT2D eigenvalue weighted by atomic mass is 9.98. The van der Waals surface area contributed by atoms with Crippen molar-refractivity contribution in [3.05, 3.63) is 54.2 Å². The van der Waals surface area contributed by atoms with Crippen LogP contribution in [0, 0.1) is 11.3 Å². The molecule has 11 heteroatoms. The van der Waals surface area contributed by atoms with Gasteiger partial charge in [-0.15, -0.1) is 11.8 Å². The molecule has 0 saturated heterocycles. The summed E-state index contributed by atoms with van der Waals surface area (Å²) >= 11 is 1.42. The van der Waals surface area contributed by atoms with E-state index >= 15 is 0 Å². The molecule has 0 bridgehead atoms. The highest BCUT2D eigenvalue weighted by atomic mass is 32.2. The zero-order chi connectivity index (χ0) is 22.1. The number of hydrogen-bond acceptors (Lipinski definition) is 5. The normalized spacial score (nSPS) is 12.0. The summed E-state index contributed by atoms with van der Waals surface area (Å²) in [5.74, 6) is 0. The highest BCUT2D eigenvalue weighted by molar-refractivity contribution is 7.98. The van der Waals surface area contributed by atoms with E-state index in [1.807, 2.05) is 6.26 Å².